The summed E-state index contributed by atoms with van der Waals surface area (Å²) in [5.74, 6) is 0.811. The van der Waals surface area contributed by atoms with Crippen LogP contribution in [-0.2, 0) is 17.8 Å². The fourth-order valence-corrected chi connectivity index (χ4v) is 4.58. The number of fused-ring (bicyclic) bond motifs is 1. The number of hydrogen-bond donors (Lipinski definition) is 1. The van der Waals surface area contributed by atoms with Gasteiger partial charge in [0.2, 0.25) is 0 Å². The number of hydrogen-bond acceptors (Lipinski definition) is 3. The molecule has 2 heterocycles. The number of amides is 1. The van der Waals surface area contributed by atoms with Gasteiger partial charge < -0.3 is 9.64 Å². The summed E-state index contributed by atoms with van der Waals surface area (Å²) < 4.78 is 5.77. The van der Waals surface area contributed by atoms with Crippen LogP contribution in [0.15, 0.2) is 78.9 Å². The molecule has 1 aromatic heterocycles. The van der Waals surface area contributed by atoms with Crippen molar-refractivity contribution in [3.05, 3.63) is 106 Å². The smallest absolute Gasteiger partial charge is 0.254 e. The van der Waals surface area contributed by atoms with Gasteiger partial charge >= 0.3 is 0 Å². The van der Waals surface area contributed by atoms with Gasteiger partial charge in [-0.1, -0.05) is 66.2 Å². The van der Waals surface area contributed by atoms with Crippen LogP contribution < -0.4 is 4.74 Å². The third-order valence-electron chi connectivity index (χ3n) is 6.22. The highest BCUT2D eigenvalue weighted by atomic mass is 35.5. The number of benzene rings is 3. The Bertz CT molecular complexity index is 1370. The fraction of sp³-hybridized carbons (Fsp3) is 0.200. The Morgan fingerprint density at radius 1 is 1.03 bits per heavy atom. The standard InChI is InChI=1S/C30H28ClN3O2/c1-20(2)36-25-14-8-21(9-15-25)18-26(22-6-4-3-5-7-22)30(35)34-17-16-28-27(19-34)29(33-32-28)23-10-12-24(31)13-11-23/h3-15,18,20H,16-17,19H2,1-2H3,(H,32,33)/b26-18+. The number of halogens is 1. The molecule has 0 atom stereocenters. The summed E-state index contributed by atoms with van der Waals surface area (Å²) in [5.41, 5.74) is 6.48. The van der Waals surface area contributed by atoms with Crippen LogP contribution >= 0.6 is 11.6 Å². The van der Waals surface area contributed by atoms with Crippen molar-refractivity contribution in [3.63, 3.8) is 0 Å². The van der Waals surface area contributed by atoms with Crippen molar-refractivity contribution >= 4 is 29.2 Å². The minimum atomic E-state index is -0.00221. The van der Waals surface area contributed by atoms with E-state index in [1.807, 2.05) is 104 Å². The van der Waals surface area contributed by atoms with Crippen LogP contribution in [0.4, 0.5) is 0 Å². The molecule has 0 spiro atoms. The van der Waals surface area contributed by atoms with Crippen molar-refractivity contribution in [1.29, 1.82) is 0 Å². The maximum Gasteiger partial charge on any atom is 0.254 e. The Morgan fingerprint density at radius 3 is 2.44 bits per heavy atom. The molecule has 182 valence electrons. The summed E-state index contributed by atoms with van der Waals surface area (Å²) >= 11 is 6.08. The summed E-state index contributed by atoms with van der Waals surface area (Å²) in [6.07, 6.45) is 2.80. The first-order valence-corrected chi connectivity index (χ1v) is 12.5. The van der Waals surface area contributed by atoms with Crippen molar-refractivity contribution in [1.82, 2.24) is 15.1 Å². The third kappa shape index (κ3) is 5.21. The highest BCUT2D eigenvalue weighted by Crippen LogP contribution is 2.31. The first kappa shape index (κ1) is 23.9. The molecule has 1 amide bonds. The Morgan fingerprint density at radius 2 is 1.75 bits per heavy atom. The molecule has 1 N–H and O–H groups in total. The van der Waals surface area contributed by atoms with Crippen LogP contribution in [0.3, 0.4) is 0 Å². The van der Waals surface area contributed by atoms with Gasteiger partial charge in [0.1, 0.15) is 5.75 Å². The van der Waals surface area contributed by atoms with E-state index in [4.69, 9.17) is 16.3 Å². The highest BCUT2D eigenvalue weighted by Gasteiger charge is 2.28. The van der Waals surface area contributed by atoms with E-state index < -0.39 is 0 Å². The van der Waals surface area contributed by atoms with E-state index in [2.05, 4.69) is 10.2 Å². The molecule has 1 aliphatic rings. The molecule has 0 saturated heterocycles. The van der Waals surface area contributed by atoms with Crippen molar-refractivity contribution in [2.45, 2.75) is 32.9 Å². The van der Waals surface area contributed by atoms with Gasteiger partial charge in [0.05, 0.1) is 11.8 Å². The van der Waals surface area contributed by atoms with E-state index in [1.165, 1.54) is 0 Å². The topological polar surface area (TPSA) is 58.2 Å². The lowest BCUT2D eigenvalue weighted by molar-refractivity contribution is -0.125. The van der Waals surface area contributed by atoms with Crippen molar-refractivity contribution < 1.29 is 9.53 Å². The van der Waals surface area contributed by atoms with E-state index in [-0.39, 0.29) is 12.0 Å². The van der Waals surface area contributed by atoms with Gasteiger partial charge in [-0.3, -0.25) is 9.89 Å². The van der Waals surface area contributed by atoms with E-state index >= 15 is 0 Å². The molecule has 0 aliphatic carbocycles. The number of aromatic nitrogens is 2. The van der Waals surface area contributed by atoms with Gasteiger partial charge in [-0.25, -0.2) is 0 Å². The fourth-order valence-electron chi connectivity index (χ4n) is 4.45. The van der Waals surface area contributed by atoms with Crippen LogP contribution in [0, 0.1) is 0 Å². The zero-order chi connectivity index (χ0) is 25.1. The van der Waals surface area contributed by atoms with Gasteiger partial charge in [-0.05, 0) is 55.3 Å². The third-order valence-corrected chi connectivity index (χ3v) is 6.47. The Hall–Kier alpha value is -3.83. The number of nitrogens with zero attached hydrogens (tertiary/aromatic N) is 2. The van der Waals surface area contributed by atoms with E-state index in [0.29, 0.717) is 23.7 Å². The largest absolute Gasteiger partial charge is 0.491 e. The van der Waals surface area contributed by atoms with Gasteiger partial charge in [0.25, 0.3) is 5.91 Å². The van der Waals surface area contributed by atoms with Crippen LogP contribution in [-0.4, -0.2) is 33.7 Å². The van der Waals surface area contributed by atoms with Gasteiger partial charge in [0.15, 0.2) is 0 Å². The Balaban J connectivity index is 1.45. The molecule has 5 nitrogen and oxygen atoms in total. The molecule has 0 radical (unpaired) electrons. The minimum absolute atomic E-state index is 0.00221. The SMILES string of the molecule is CC(C)Oc1ccc(/C=C(/C(=O)N2CCc3[nH]nc(-c4ccc(Cl)cc4)c3C2)c2ccccc2)cc1. The number of rotatable bonds is 6. The first-order chi connectivity index (χ1) is 17.5. The average molecular weight is 498 g/mol. The number of nitrogens with one attached hydrogen (secondary N) is 1. The summed E-state index contributed by atoms with van der Waals surface area (Å²) in [7, 11) is 0. The molecule has 5 rings (SSSR count). The summed E-state index contributed by atoms with van der Waals surface area (Å²) in [4.78, 5) is 15.8. The molecule has 0 bridgehead atoms. The molecule has 0 saturated carbocycles. The summed E-state index contributed by atoms with van der Waals surface area (Å²) in [5, 5.41) is 8.41. The molecular formula is C30H28ClN3O2. The number of ether oxygens (including phenoxy) is 1. The van der Waals surface area contributed by atoms with E-state index in [1.54, 1.807) is 0 Å². The Labute approximate surface area is 216 Å². The van der Waals surface area contributed by atoms with Crippen LogP contribution in [0.25, 0.3) is 22.9 Å². The zero-order valence-corrected chi connectivity index (χ0v) is 21.1. The molecule has 0 unspecified atom stereocenters. The molecular weight excluding hydrogens is 470 g/mol. The lowest BCUT2D eigenvalue weighted by Crippen LogP contribution is -2.36. The van der Waals surface area contributed by atoms with Gasteiger partial charge in [-0.15, -0.1) is 0 Å². The van der Waals surface area contributed by atoms with Crippen LogP contribution in [0.1, 0.15) is 36.2 Å². The normalized spacial score (nSPS) is 13.6. The van der Waals surface area contributed by atoms with E-state index in [9.17, 15) is 4.79 Å². The van der Waals surface area contributed by atoms with Crippen molar-refractivity contribution in [3.8, 4) is 17.0 Å². The van der Waals surface area contributed by atoms with Gasteiger partial charge in [-0.2, -0.15) is 5.10 Å². The van der Waals surface area contributed by atoms with E-state index in [0.717, 1.165) is 45.8 Å². The van der Waals surface area contributed by atoms with Crippen LogP contribution in [0.5, 0.6) is 5.75 Å². The number of carbonyl (C=O) groups is 1. The number of H-pyrrole nitrogens is 1. The zero-order valence-electron chi connectivity index (χ0n) is 20.4. The lowest BCUT2D eigenvalue weighted by atomic mass is 9.97. The predicted octanol–water partition coefficient (Wildman–Crippen LogP) is 6.64. The Kier molecular flexibility index (Phi) is 6.92. The minimum Gasteiger partial charge on any atom is -0.491 e. The molecule has 1 aliphatic heterocycles. The number of carbonyl (C=O) groups excluding carboxylic acids is 1. The quantitative estimate of drug-likeness (QED) is 0.240. The number of aromatic amines is 1. The second-order valence-corrected chi connectivity index (χ2v) is 9.61. The van der Waals surface area contributed by atoms with Crippen LogP contribution in [0.2, 0.25) is 5.02 Å². The predicted molar refractivity (Wildman–Crippen MR) is 145 cm³/mol. The monoisotopic (exact) mass is 497 g/mol. The highest BCUT2D eigenvalue weighted by molar-refractivity contribution is 6.30. The molecule has 6 heteroatoms. The maximum absolute atomic E-state index is 13.9. The average Bonchev–Trinajstić information content (AvgIpc) is 3.32. The first-order valence-electron chi connectivity index (χ1n) is 12.1. The molecule has 0 fully saturated rings. The molecule has 4 aromatic rings. The maximum atomic E-state index is 13.9. The van der Waals surface area contributed by atoms with Crippen molar-refractivity contribution in [2.24, 2.45) is 0 Å². The summed E-state index contributed by atoms with van der Waals surface area (Å²) in [6.45, 7) is 5.12. The van der Waals surface area contributed by atoms with Gasteiger partial charge in [0, 0.05) is 46.9 Å². The summed E-state index contributed by atoms with van der Waals surface area (Å²) in [6, 6.07) is 25.3. The van der Waals surface area contributed by atoms with Crippen molar-refractivity contribution in [2.75, 3.05) is 6.54 Å². The second-order valence-electron chi connectivity index (χ2n) is 9.17. The molecule has 36 heavy (non-hydrogen) atoms. The molecule has 3 aromatic carbocycles. The lowest BCUT2D eigenvalue weighted by Gasteiger charge is -2.28. The second kappa shape index (κ2) is 10.4.